The second kappa shape index (κ2) is 6.07. The molecule has 1 N–H and O–H groups in total. The lowest BCUT2D eigenvalue weighted by atomic mass is 9.73. The predicted molar refractivity (Wildman–Crippen MR) is 101 cm³/mol. The van der Waals surface area contributed by atoms with Gasteiger partial charge in [-0.05, 0) is 50.7 Å². The van der Waals surface area contributed by atoms with E-state index in [4.69, 9.17) is 4.74 Å². The zero-order chi connectivity index (χ0) is 17.9. The normalized spacial score (nSPS) is 35.7. The third-order valence-electron chi connectivity index (χ3n) is 7.21. The molecule has 2 bridgehead atoms. The van der Waals surface area contributed by atoms with E-state index in [9.17, 15) is 4.79 Å². The third-order valence-corrected chi connectivity index (χ3v) is 7.21. The van der Waals surface area contributed by atoms with Crippen LogP contribution in [0.1, 0.15) is 42.4 Å². The van der Waals surface area contributed by atoms with Gasteiger partial charge in [0.1, 0.15) is 0 Å². The lowest BCUT2D eigenvalue weighted by Crippen LogP contribution is -2.42. The topological polar surface area (TPSA) is 41.6 Å². The van der Waals surface area contributed by atoms with Crippen LogP contribution < -0.4 is 5.32 Å². The van der Waals surface area contributed by atoms with Gasteiger partial charge in [0.15, 0.2) is 0 Å². The van der Waals surface area contributed by atoms with E-state index >= 15 is 0 Å². The van der Waals surface area contributed by atoms with Gasteiger partial charge in [0, 0.05) is 43.9 Å². The summed E-state index contributed by atoms with van der Waals surface area (Å²) < 4.78 is 6.53. The highest BCUT2D eigenvalue weighted by molar-refractivity contribution is 5.80. The number of aryl methyl sites for hydroxylation is 2. The summed E-state index contributed by atoms with van der Waals surface area (Å²) in [6.45, 7) is 8.36. The van der Waals surface area contributed by atoms with Gasteiger partial charge in [-0.2, -0.15) is 0 Å². The second-order valence-electron chi connectivity index (χ2n) is 9.15. The van der Waals surface area contributed by atoms with Gasteiger partial charge >= 0.3 is 0 Å². The molecule has 3 heterocycles. The quantitative estimate of drug-likeness (QED) is 0.884. The molecular formula is C22H30N2O2. The van der Waals surface area contributed by atoms with Crippen LogP contribution in [0, 0.1) is 31.6 Å². The first kappa shape index (κ1) is 16.8. The summed E-state index contributed by atoms with van der Waals surface area (Å²) in [4.78, 5) is 14.7. The molecule has 3 saturated heterocycles. The zero-order valence-corrected chi connectivity index (χ0v) is 16.0. The van der Waals surface area contributed by atoms with Crippen molar-refractivity contribution in [2.45, 2.75) is 57.8 Å². The van der Waals surface area contributed by atoms with Crippen LogP contribution in [0.5, 0.6) is 0 Å². The number of carbonyl (C=O) groups is 1. The van der Waals surface area contributed by atoms with Crippen LogP contribution in [-0.4, -0.2) is 42.1 Å². The minimum atomic E-state index is 0.0529. The fourth-order valence-corrected chi connectivity index (χ4v) is 5.60. The smallest absolute Gasteiger partial charge is 0.223 e. The van der Waals surface area contributed by atoms with Crippen LogP contribution >= 0.6 is 0 Å². The fourth-order valence-electron chi connectivity index (χ4n) is 5.60. The molecule has 1 aromatic carbocycles. The van der Waals surface area contributed by atoms with Gasteiger partial charge in [-0.1, -0.05) is 23.8 Å². The molecule has 5 rings (SSSR count). The SMILES string of the molecule is Cc1ccc(C)c(CN2C[C@@H]3[C@H](CNC(=O)C4CC4)[C@H]4CC[C@]3(C2)O4)c1. The second-order valence-corrected chi connectivity index (χ2v) is 9.15. The maximum atomic E-state index is 12.1. The number of benzene rings is 1. The number of fused-ring (bicyclic) bond motifs is 1. The molecule has 4 heteroatoms. The number of ether oxygens (including phenoxy) is 1. The van der Waals surface area contributed by atoms with Crippen LogP contribution in [0.15, 0.2) is 18.2 Å². The molecule has 4 fully saturated rings. The number of nitrogens with one attached hydrogen (secondary N) is 1. The molecular weight excluding hydrogens is 324 g/mol. The Labute approximate surface area is 156 Å². The molecule has 4 nitrogen and oxygen atoms in total. The van der Waals surface area contributed by atoms with Crippen molar-refractivity contribution >= 4 is 5.91 Å². The molecule has 3 aliphatic heterocycles. The van der Waals surface area contributed by atoms with Gasteiger partial charge in [-0.25, -0.2) is 0 Å². The average Bonchev–Trinajstić information content (AvgIpc) is 3.21. The zero-order valence-electron chi connectivity index (χ0n) is 16.0. The van der Waals surface area contributed by atoms with E-state index in [1.165, 1.54) is 23.1 Å². The van der Waals surface area contributed by atoms with E-state index < -0.39 is 0 Å². The van der Waals surface area contributed by atoms with Crippen molar-refractivity contribution in [3.8, 4) is 0 Å². The molecule has 1 aliphatic carbocycles. The highest BCUT2D eigenvalue weighted by Gasteiger charge is 2.62. The molecule has 1 saturated carbocycles. The number of hydrogen-bond donors (Lipinski definition) is 1. The summed E-state index contributed by atoms with van der Waals surface area (Å²) in [5.41, 5.74) is 4.20. The van der Waals surface area contributed by atoms with Gasteiger partial charge in [-0.15, -0.1) is 0 Å². The van der Waals surface area contributed by atoms with Crippen molar-refractivity contribution in [2.75, 3.05) is 19.6 Å². The Morgan fingerprint density at radius 2 is 2.15 bits per heavy atom. The first-order valence-corrected chi connectivity index (χ1v) is 10.3. The van der Waals surface area contributed by atoms with Crippen molar-refractivity contribution in [1.82, 2.24) is 10.2 Å². The number of rotatable bonds is 5. The minimum absolute atomic E-state index is 0.0529. The largest absolute Gasteiger partial charge is 0.370 e. The van der Waals surface area contributed by atoms with Gasteiger partial charge in [0.25, 0.3) is 0 Å². The highest BCUT2D eigenvalue weighted by Crippen LogP contribution is 2.54. The highest BCUT2D eigenvalue weighted by atomic mass is 16.5. The van der Waals surface area contributed by atoms with Gasteiger partial charge < -0.3 is 10.1 Å². The Morgan fingerprint density at radius 1 is 1.31 bits per heavy atom. The summed E-state index contributed by atoms with van der Waals surface area (Å²) in [5.74, 6) is 1.64. The first-order chi connectivity index (χ1) is 12.5. The summed E-state index contributed by atoms with van der Waals surface area (Å²) in [6.07, 6.45) is 4.87. The van der Waals surface area contributed by atoms with E-state index in [1.807, 2.05) is 0 Å². The predicted octanol–water partition coefficient (Wildman–Crippen LogP) is 2.81. The molecule has 1 spiro atoms. The number of likely N-dealkylation sites (tertiary alicyclic amines) is 1. The van der Waals surface area contributed by atoms with Gasteiger partial charge in [0.2, 0.25) is 5.91 Å². The van der Waals surface area contributed by atoms with Crippen molar-refractivity contribution in [3.05, 3.63) is 34.9 Å². The van der Waals surface area contributed by atoms with Gasteiger partial charge in [0.05, 0.1) is 11.7 Å². The minimum Gasteiger partial charge on any atom is -0.370 e. The van der Waals surface area contributed by atoms with Crippen LogP contribution in [0.25, 0.3) is 0 Å². The van der Waals surface area contributed by atoms with Crippen molar-refractivity contribution in [1.29, 1.82) is 0 Å². The monoisotopic (exact) mass is 354 g/mol. The van der Waals surface area contributed by atoms with Gasteiger partial charge in [-0.3, -0.25) is 9.69 Å². The Kier molecular flexibility index (Phi) is 3.91. The van der Waals surface area contributed by atoms with Crippen LogP contribution in [0.2, 0.25) is 0 Å². The van der Waals surface area contributed by atoms with Crippen molar-refractivity contribution in [3.63, 3.8) is 0 Å². The number of nitrogens with zero attached hydrogens (tertiary/aromatic N) is 1. The Morgan fingerprint density at radius 3 is 2.96 bits per heavy atom. The van der Waals surface area contributed by atoms with Crippen LogP contribution in [-0.2, 0) is 16.1 Å². The summed E-state index contributed by atoms with van der Waals surface area (Å²) in [7, 11) is 0. The molecule has 0 unspecified atom stereocenters. The lowest BCUT2D eigenvalue weighted by Gasteiger charge is -2.29. The molecule has 1 amide bonds. The summed E-state index contributed by atoms with van der Waals surface area (Å²) in [6, 6.07) is 6.75. The molecule has 26 heavy (non-hydrogen) atoms. The fraction of sp³-hybridized carbons (Fsp3) is 0.682. The first-order valence-electron chi connectivity index (χ1n) is 10.3. The summed E-state index contributed by atoms with van der Waals surface area (Å²) >= 11 is 0. The molecule has 140 valence electrons. The number of amides is 1. The van der Waals surface area contributed by atoms with Crippen molar-refractivity contribution in [2.24, 2.45) is 17.8 Å². The van der Waals surface area contributed by atoms with E-state index in [0.29, 0.717) is 23.9 Å². The molecule has 4 aliphatic rings. The molecule has 4 atom stereocenters. The van der Waals surface area contributed by atoms with E-state index in [1.54, 1.807) is 0 Å². The number of carbonyl (C=O) groups excluding carboxylic acids is 1. The molecule has 0 radical (unpaired) electrons. The standard InChI is InChI=1S/C22H30N2O2/c1-14-3-4-15(2)17(9-14)11-24-12-19-18(10-23-21(25)16-5-6-16)20-7-8-22(19,13-24)26-20/h3-4,9,16,18-20H,5-8,10-13H2,1-2H3,(H,23,25)/t18-,19+,20+,22+/m0/s1. The van der Waals surface area contributed by atoms with Crippen LogP contribution in [0.4, 0.5) is 0 Å². The maximum absolute atomic E-state index is 12.1. The Bertz CT molecular complexity index is 729. The lowest BCUT2D eigenvalue weighted by molar-refractivity contribution is -0.122. The molecule has 0 aromatic heterocycles. The Balaban J connectivity index is 1.27. The van der Waals surface area contributed by atoms with Crippen molar-refractivity contribution < 1.29 is 9.53 Å². The average molecular weight is 354 g/mol. The Hall–Kier alpha value is -1.39. The molecule has 1 aromatic rings. The van der Waals surface area contributed by atoms with E-state index in [2.05, 4.69) is 42.3 Å². The van der Waals surface area contributed by atoms with E-state index in [-0.39, 0.29) is 11.5 Å². The van der Waals surface area contributed by atoms with E-state index in [0.717, 1.165) is 45.4 Å². The third kappa shape index (κ3) is 2.78. The summed E-state index contributed by atoms with van der Waals surface area (Å²) in [5, 5.41) is 3.22. The maximum Gasteiger partial charge on any atom is 0.223 e. The van der Waals surface area contributed by atoms with Crippen LogP contribution in [0.3, 0.4) is 0 Å². The number of hydrogen-bond acceptors (Lipinski definition) is 3.